The Bertz CT molecular complexity index is 1800. The van der Waals surface area contributed by atoms with E-state index < -0.39 is 0 Å². The largest absolute Gasteiger partial charge is 0.489 e. The Morgan fingerprint density at radius 2 is 1.71 bits per heavy atom. The minimum Gasteiger partial charge on any atom is -0.489 e. The summed E-state index contributed by atoms with van der Waals surface area (Å²) < 4.78 is 6.46. The van der Waals surface area contributed by atoms with Gasteiger partial charge >= 0.3 is 4.87 Å². The molecule has 4 aromatic rings. The van der Waals surface area contributed by atoms with Crippen LogP contribution in [0.2, 0.25) is 5.02 Å². The number of aromatic nitrogens is 1. The number of anilines is 1. The van der Waals surface area contributed by atoms with Crippen LogP contribution < -0.4 is 14.5 Å². The fourth-order valence-electron chi connectivity index (χ4n) is 8.04. The van der Waals surface area contributed by atoms with E-state index in [1.54, 1.807) is 36.0 Å². The van der Waals surface area contributed by atoms with Gasteiger partial charge in [-0.05, 0) is 67.0 Å². The number of rotatable bonds is 5. The van der Waals surface area contributed by atoms with Crippen LogP contribution in [-0.2, 0) is 16.2 Å². The molecule has 0 radical (unpaired) electrons. The summed E-state index contributed by atoms with van der Waals surface area (Å²) in [5.41, 5.74) is 3.88. The van der Waals surface area contributed by atoms with Gasteiger partial charge in [0.2, 0.25) is 11.8 Å². The number of ether oxygens (including phenoxy) is 1. The van der Waals surface area contributed by atoms with E-state index in [0.29, 0.717) is 17.3 Å². The molecule has 9 heteroatoms. The second-order valence-electron chi connectivity index (χ2n) is 11.8. The lowest BCUT2D eigenvalue weighted by Crippen LogP contribution is -2.42. The number of thiazole rings is 1. The first-order valence-electron chi connectivity index (χ1n) is 14.2. The van der Waals surface area contributed by atoms with E-state index in [1.807, 2.05) is 24.3 Å². The maximum Gasteiger partial charge on any atom is 0.305 e. The van der Waals surface area contributed by atoms with Crippen LogP contribution >= 0.6 is 34.7 Å². The van der Waals surface area contributed by atoms with Crippen LogP contribution in [0.25, 0.3) is 0 Å². The highest BCUT2D eigenvalue weighted by atomic mass is 35.5. The minimum atomic E-state index is -0.361. The number of fused-ring (bicyclic) bond motifs is 9. The highest BCUT2D eigenvalue weighted by Crippen LogP contribution is 2.69. The third-order valence-corrected chi connectivity index (χ3v) is 12.4. The smallest absolute Gasteiger partial charge is 0.305 e. The highest BCUT2D eigenvalue weighted by molar-refractivity contribution is 8.00. The zero-order chi connectivity index (χ0) is 28.7. The van der Waals surface area contributed by atoms with Crippen LogP contribution in [0.5, 0.6) is 5.75 Å². The van der Waals surface area contributed by atoms with Crippen LogP contribution in [0.15, 0.2) is 82.6 Å². The SMILES string of the molecule is Cc1cccc(COc2ccccc2[C@@H]2c3sc(=O)[nH]c3S[C@@H]3[C@@H]4C[C@@H]([C@@H]5C(=O)N(c6ccc(Cl)cc6)C(=O)[C@@H]45)[C@@H]23)c1. The summed E-state index contributed by atoms with van der Waals surface area (Å²) in [5.74, 6) is -0.0430. The Balaban J connectivity index is 1.18. The monoisotopic (exact) mass is 614 g/mol. The van der Waals surface area contributed by atoms with Crippen LogP contribution in [-0.4, -0.2) is 22.0 Å². The van der Waals surface area contributed by atoms with Crippen molar-refractivity contribution in [3.63, 3.8) is 0 Å². The van der Waals surface area contributed by atoms with Gasteiger partial charge in [-0.1, -0.05) is 71.0 Å². The van der Waals surface area contributed by atoms with E-state index in [0.717, 1.165) is 33.2 Å². The van der Waals surface area contributed by atoms with Gasteiger partial charge < -0.3 is 9.72 Å². The summed E-state index contributed by atoms with van der Waals surface area (Å²) in [6.45, 7) is 2.50. The highest BCUT2D eigenvalue weighted by Gasteiger charge is 2.69. The number of carbonyl (C=O) groups excluding carboxylic acids is 2. The first-order valence-corrected chi connectivity index (χ1v) is 16.3. The molecule has 2 aliphatic heterocycles. The summed E-state index contributed by atoms with van der Waals surface area (Å²) in [5, 5.41) is 1.57. The normalized spacial score (nSPS) is 29.0. The van der Waals surface area contributed by atoms with Crippen molar-refractivity contribution < 1.29 is 14.3 Å². The third kappa shape index (κ3) is 3.95. The van der Waals surface area contributed by atoms with E-state index in [1.165, 1.54) is 21.8 Å². The van der Waals surface area contributed by atoms with E-state index in [2.05, 4.69) is 36.2 Å². The Hall–Kier alpha value is -3.33. The van der Waals surface area contributed by atoms with Gasteiger partial charge in [0.25, 0.3) is 0 Å². The van der Waals surface area contributed by atoms with Crippen LogP contribution in [0, 0.1) is 36.5 Å². The van der Waals surface area contributed by atoms with E-state index in [4.69, 9.17) is 16.3 Å². The van der Waals surface area contributed by atoms with Crippen molar-refractivity contribution in [2.45, 2.75) is 36.1 Å². The molecule has 1 saturated heterocycles. The molecule has 212 valence electrons. The summed E-state index contributed by atoms with van der Waals surface area (Å²) in [4.78, 5) is 45.9. The minimum absolute atomic E-state index is 0.0337. The van der Waals surface area contributed by atoms with E-state index in [9.17, 15) is 14.4 Å². The van der Waals surface area contributed by atoms with Gasteiger partial charge in [0.15, 0.2) is 0 Å². The number of halogens is 1. The van der Waals surface area contributed by atoms with Crippen molar-refractivity contribution >= 4 is 52.2 Å². The zero-order valence-electron chi connectivity index (χ0n) is 22.7. The number of H-pyrrole nitrogens is 1. The molecule has 0 unspecified atom stereocenters. The number of hydrogen-bond acceptors (Lipinski definition) is 6. The molecule has 2 amide bonds. The Kier molecular flexibility index (Phi) is 6.18. The molecule has 3 fully saturated rings. The fourth-order valence-corrected chi connectivity index (χ4v) is 11.0. The number of imide groups is 1. The summed E-state index contributed by atoms with van der Waals surface area (Å²) in [6, 6.07) is 23.3. The predicted octanol–water partition coefficient (Wildman–Crippen LogP) is 6.66. The number of aryl methyl sites for hydroxylation is 1. The lowest BCUT2D eigenvalue weighted by molar-refractivity contribution is -0.123. The number of para-hydroxylation sites is 1. The van der Waals surface area contributed by atoms with Crippen molar-refractivity contribution in [1.82, 2.24) is 4.98 Å². The summed E-state index contributed by atoms with van der Waals surface area (Å²) in [7, 11) is 0. The number of nitrogens with zero attached hydrogens (tertiary/aromatic N) is 1. The van der Waals surface area contributed by atoms with E-state index >= 15 is 0 Å². The fraction of sp³-hybridized carbons (Fsp3) is 0.303. The molecule has 1 N–H and O–H groups in total. The topological polar surface area (TPSA) is 79.5 Å². The quantitative estimate of drug-likeness (QED) is 0.255. The van der Waals surface area contributed by atoms with Crippen molar-refractivity contribution in [3.05, 3.63) is 109 Å². The Labute approximate surface area is 256 Å². The maximum absolute atomic E-state index is 14.0. The van der Waals surface area contributed by atoms with Crippen molar-refractivity contribution in [2.24, 2.45) is 29.6 Å². The summed E-state index contributed by atoms with van der Waals surface area (Å²) in [6.07, 6.45) is 0.839. The molecular weight excluding hydrogens is 588 g/mol. The van der Waals surface area contributed by atoms with Crippen molar-refractivity contribution in [2.75, 3.05) is 4.90 Å². The maximum atomic E-state index is 14.0. The van der Waals surface area contributed by atoms with E-state index in [-0.39, 0.29) is 57.4 Å². The number of thioether (sulfide) groups is 1. The van der Waals surface area contributed by atoms with Crippen molar-refractivity contribution in [1.29, 1.82) is 0 Å². The standard InChI is InChI=1S/C33H27ClN2O4S2/c1-16-5-4-6-17(13-16)15-40-23-8-3-2-7-20(23)24-25-21-14-22(28(25)41-30-29(24)42-33(39)35-30)27-26(21)31(37)36(32(27)38)19-11-9-18(34)10-12-19/h2-13,21-22,24-28H,14-15H2,1H3,(H,35,39)/t21-,22-,24+,25+,26+,27+,28-/m1/s1. The van der Waals surface area contributed by atoms with Gasteiger partial charge in [-0.25, -0.2) is 0 Å². The number of benzene rings is 3. The first kappa shape index (κ1) is 26.3. The molecule has 0 spiro atoms. The average Bonchev–Trinajstić information content (AvgIpc) is 3.72. The van der Waals surface area contributed by atoms with Crippen LogP contribution in [0.4, 0.5) is 5.69 Å². The van der Waals surface area contributed by atoms with Crippen LogP contribution in [0.3, 0.4) is 0 Å². The zero-order valence-corrected chi connectivity index (χ0v) is 25.0. The third-order valence-electron chi connectivity index (χ3n) is 9.54. The predicted molar refractivity (Wildman–Crippen MR) is 164 cm³/mol. The lowest BCUT2D eigenvalue weighted by Gasteiger charge is -2.43. The van der Waals surface area contributed by atoms with Gasteiger partial charge in [-0.3, -0.25) is 19.3 Å². The van der Waals surface area contributed by atoms with Gasteiger partial charge in [0.05, 0.1) is 22.5 Å². The molecule has 2 saturated carbocycles. The Morgan fingerprint density at radius 3 is 2.50 bits per heavy atom. The molecular formula is C33H27ClN2O4S2. The second kappa shape index (κ2) is 9.86. The molecule has 1 aromatic heterocycles. The number of nitrogens with one attached hydrogen (secondary N) is 1. The van der Waals surface area contributed by atoms with Gasteiger partial charge in [-0.15, -0.1) is 11.8 Å². The molecule has 42 heavy (non-hydrogen) atoms. The molecule has 3 heterocycles. The molecule has 8 rings (SSSR count). The van der Waals surface area contributed by atoms with Gasteiger partial charge in [0, 0.05) is 26.6 Å². The number of hydrogen-bond donors (Lipinski definition) is 1. The molecule has 4 aliphatic rings. The van der Waals surface area contributed by atoms with Gasteiger partial charge in [-0.2, -0.15) is 0 Å². The van der Waals surface area contributed by atoms with Crippen LogP contribution in [0.1, 0.15) is 33.9 Å². The molecule has 2 bridgehead atoms. The van der Waals surface area contributed by atoms with Crippen molar-refractivity contribution in [3.8, 4) is 5.75 Å². The number of aromatic amines is 1. The molecule has 7 atom stereocenters. The Morgan fingerprint density at radius 1 is 0.952 bits per heavy atom. The lowest BCUT2D eigenvalue weighted by atomic mass is 9.68. The molecule has 3 aromatic carbocycles. The summed E-state index contributed by atoms with van der Waals surface area (Å²) >= 11 is 9.05. The molecule has 2 aliphatic carbocycles. The average molecular weight is 615 g/mol. The number of carbonyl (C=O) groups is 2. The van der Waals surface area contributed by atoms with Gasteiger partial charge in [0.1, 0.15) is 12.4 Å². The second-order valence-corrected chi connectivity index (χ2v) is 14.4. The first-order chi connectivity index (χ1) is 20.4. The molecule has 6 nitrogen and oxygen atoms in total. The number of amides is 2.